The number of aromatic nitrogens is 1. The first kappa shape index (κ1) is 17.4. The Morgan fingerprint density at radius 2 is 1.72 bits per heavy atom. The van der Waals surface area contributed by atoms with Crippen LogP contribution in [0.3, 0.4) is 0 Å². The van der Waals surface area contributed by atoms with Gasteiger partial charge in [0, 0.05) is 18.1 Å². The van der Waals surface area contributed by atoms with Gasteiger partial charge in [-0.05, 0) is 41.7 Å². The molecule has 0 amide bonds. The average molecular weight is 381 g/mol. The second-order valence-electron chi connectivity index (χ2n) is 7.09. The second kappa shape index (κ2) is 7.06. The van der Waals surface area contributed by atoms with Gasteiger partial charge >= 0.3 is 5.97 Å². The van der Waals surface area contributed by atoms with E-state index in [-0.39, 0.29) is 0 Å². The molecule has 5 rings (SSSR count). The number of carbonyl (C=O) groups is 1. The summed E-state index contributed by atoms with van der Waals surface area (Å²) in [6, 6.07) is 22.0. The third-order valence-corrected chi connectivity index (χ3v) is 5.25. The summed E-state index contributed by atoms with van der Waals surface area (Å²) in [6.45, 7) is 1.40. The fraction of sp³-hybridized carbons (Fsp3) is 0.120. The number of benzene rings is 2. The first-order chi connectivity index (χ1) is 14.2. The van der Waals surface area contributed by atoms with E-state index < -0.39 is 5.97 Å². The van der Waals surface area contributed by atoms with Crippen molar-refractivity contribution in [1.82, 2.24) is 4.98 Å². The monoisotopic (exact) mass is 381 g/mol. The molecule has 0 aliphatic heterocycles. The molecule has 0 unspecified atom stereocenters. The van der Waals surface area contributed by atoms with Crippen molar-refractivity contribution in [3.63, 3.8) is 0 Å². The highest BCUT2D eigenvalue weighted by molar-refractivity contribution is 5.92. The van der Waals surface area contributed by atoms with Gasteiger partial charge < -0.3 is 9.15 Å². The number of fused-ring (bicyclic) bond motifs is 3. The largest absolute Gasteiger partial charge is 0.464 e. The van der Waals surface area contributed by atoms with Gasteiger partial charge in [-0.25, -0.2) is 4.98 Å². The van der Waals surface area contributed by atoms with E-state index in [1.807, 2.05) is 54.6 Å². The Bertz CT molecular complexity index is 1190. The zero-order valence-electron chi connectivity index (χ0n) is 16.0. The van der Waals surface area contributed by atoms with Gasteiger partial charge in [-0.1, -0.05) is 54.6 Å². The molecule has 0 saturated carbocycles. The minimum atomic E-state index is -0.399. The number of nitrogens with zero attached hydrogens (tertiary/aromatic N) is 1. The summed E-state index contributed by atoms with van der Waals surface area (Å²) in [4.78, 5) is 16.8. The number of ether oxygens (including phenoxy) is 1. The molecule has 29 heavy (non-hydrogen) atoms. The van der Waals surface area contributed by atoms with Crippen LogP contribution in [0.15, 0.2) is 77.4 Å². The molecule has 4 nitrogen and oxygen atoms in total. The Labute approximate surface area is 168 Å². The molecule has 4 aromatic rings. The fourth-order valence-electron chi connectivity index (χ4n) is 4.07. The fourth-order valence-corrected chi connectivity index (χ4v) is 4.07. The standard InChI is InChI=1S/C25H19NO3/c1-16(27)29-25-22(18-9-3-2-4-10-18)23(21-12-7-15-28-21)20-14-13-17-8-5-6-11-19(17)24(20)26-25/h2-12,15H,13-14H2,1H3. The topological polar surface area (TPSA) is 52.3 Å². The van der Waals surface area contributed by atoms with Crippen LogP contribution >= 0.6 is 0 Å². The molecular formula is C25H19NO3. The van der Waals surface area contributed by atoms with E-state index in [0.29, 0.717) is 5.88 Å². The van der Waals surface area contributed by atoms with Gasteiger partial charge in [-0.15, -0.1) is 0 Å². The molecule has 1 aliphatic carbocycles. The van der Waals surface area contributed by atoms with E-state index in [2.05, 4.69) is 12.1 Å². The summed E-state index contributed by atoms with van der Waals surface area (Å²) in [5.41, 5.74) is 6.96. The predicted octanol–water partition coefficient (Wildman–Crippen LogP) is 5.70. The Hall–Kier alpha value is -3.66. The van der Waals surface area contributed by atoms with Gasteiger partial charge in [0.25, 0.3) is 0 Å². The van der Waals surface area contributed by atoms with Crippen molar-refractivity contribution < 1.29 is 13.9 Å². The molecule has 0 spiro atoms. The van der Waals surface area contributed by atoms with Crippen LogP contribution in [0.2, 0.25) is 0 Å². The molecule has 0 bridgehead atoms. The molecular weight excluding hydrogens is 362 g/mol. The third-order valence-electron chi connectivity index (χ3n) is 5.25. The molecule has 2 aromatic carbocycles. The minimum absolute atomic E-state index is 0.311. The highest BCUT2D eigenvalue weighted by Crippen LogP contribution is 2.46. The number of esters is 1. The summed E-state index contributed by atoms with van der Waals surface area (Å²) >= 11 is 0. The van der Waals surface area contributed by atoms with Crippen LogP contribution in [-0.4, -0.2) is 11.0 Å². The number of hydrogen-bond donors (Lipinski definition) is 0. The maximum absolute atomic E-state index is 11.9. The van der Waals surface area contributed by atoms with Crippen molar-refractivity contribution >= 4 is 5.97 Å². The number of rotatable bonds is 3. The Kier molecular flexibility index (Phi) is 4.24. The maximum Gasteiger partial charge on any atom is 0.309 e. The number of furan rings is 1. The quantitative estimate of drug-likeness (QED) is 0.427. The molecule has 0 atom stereocenters. The SMILES string of the molecule is CC(=O)Oc1nc2c(c(-c3ccco3)c1-c1ccccc1)CCc1ccccc1-2. The van der Waals surface area contributed by atoms with Crippen molar-refractivity contribution in [3.8, 4) is 39.6 Å². The molecule has 2 aromatic heterocycles. The zero-order valence-corrected chi connectivity index (χ0v) is 16.0. The van der Waals surface area contributed by atoms with E-state index >= 15 is 0 Å². The van der Waals surface area contributed by atoms with Gasteiger partial charge in [0.15, 0.2) is 0 Å². The predicted molar refractivity (Wildman–Crippen MR) is 112 cm³/mol. The van der Waals surface area contributed by atoms with Crippen molar-refractivity contribution in [3.05, 3.63) is 84.1 Å². The number of pyridine rings is 1. The molecule has 0 N–H and O–H groups in total. The lowest BCUT2D eigenvalue weighted by Crippen LogP contribution is -2.12. The van der Waals surface area contributed by atoms with Crippen LogP contribution in [0.5, 0.6) is 5.88 Å². The molecule has 4 heteroatoms. The first-order valence-electron chi connectivity index (χ1n) is 9.65. The molecule has 1 aliphatic rings. The highest BCUT2D eigenvalue weighted by atomic mass is 16.5. The van der Waals surface area contributed by atoms with E-state index in [1.165, 1.54) is 12.5 Å². The van der Waals surface area contributed by atoms with E-state index in [9.17, 15) is 4.79 Å². The number of carbonyl (C=O) groups excluding carboxylic acids is 1. The van der Waals surface area contributed by atoms with Gasteiger partial charge in [-0.2, -0.15) is 0 Å². The van der Waals surface area contributed by atoms with E-state index in [4.69, 9.17) is 14.1 Å². The van der Waals surface area contributed by atoms with Gasteiger partial charge in [-0.3, -0.25) is 4.79 Å². The van der Waals surface area contributed by atoms with Gasteiger partial charge in [0.1, 0.15) is 5.76 Å². The van der Waals surface area contributed by atoms with Crippen LogP contribution in [0, 0.1) is 0 Å². The second-order valence-corrected chi connectivity index (χ2v) is 7.09. The van der Waals surface area contributed by atoms with Crippen LogP contribution < -0.4 is 4.74 Å². The van der Waals surface area contributed by atoms with Crippen molar-refractivity contribution in [2.24, 2.45) is 0 Å². The summed E-state index contributed by atoms with van der Waals surface area (Å²) in [6.07, 6.45) is 3.44. The van der Waals surface area contributed by atoms with Gasteiger partial charge in [0.05, 0.1) is 17.5 Å². The molecule has 0 fully saturated rings. The lowest BCUT2D eigenvalue weighted by atomic mass is 9.83. The Morgan fingerprint density at radius 3 is 2.48 bits per heavy atom. The highest BCUT2D eigenvalue weighted by Gasteiger charge is 2.28. The van der Waals surface area contributed by atoms with Crippen LogP contribution in [0.1, 0.15) is 18.1 Å². The molecule has 0 radical (unpaired) electrons. The third kappa shape index (κ3) is 3.03. The summed E-state index contributed by atoms with van der Waals surface area (Å²) in [5.74, 6) is 0.657. The minimum Gasteiger partial charge on any atom is -0.464 e. The van der Waals surface area contributed by atoms with Crippen molar-refractivity contribution in [1.29, 1.82) is 0 Å². The smallest absolute Gasteiger partial charge is 0.309 e. The summed E-state index contributed by atoms with van der Waals surface area (Å²) in [5, 5.41) is 0. The number of hydrogen-bond acceptors (Lipinski definition) is 4. The van der Waals surface area contributed by atoms with Gasteiger partial charge in [0.2, 0.25) is 5.88 Å². The molecule has 142 valence electrons. The summed E-state index contributed by atoms with van der Waals surface area (Å²) in [7, 11) is 0. The number of aryl methyl sites for hydroxylation is 1. The summed E-state index contributed by atoms with van der Waals surface area (Å²) < 4.78 is 11.5. The van der Waals surface area contributed by atoms with Crippen LogP contribution in [0.4, 0.5) is 0 Å². The lowest BCUT2D eigenvalue weighted by Gasteiger charge is -2.24. The lowest BCUT2D eigenvalue weighted by molar-refractivity contribution is -0.132. The van der Waals surface area contributed by atoms with Crippen molar-refractivity contribution in [2.75, 3.05) is 0 Å². The Balaban J connectivity index is 1.89. The zero-order chi connectivity index (χ0) is 19.8. The maximum atomic E-state index is 11.9. The van der Waals surface area contributed by atoms with Crippen LogP contribution in [-0.2, 0) is 17.6 Å². The first-order valence-corrected chi connectivity index (χ1v) is 9.65. The van der Waals surface area contributed by atoms with E-state index in [0.717, 1.165) is 52.1 Å². The van der Waals surface area contributed by atoms with Crippen LogP contribution in [0.25, 0.3) is 33.7 Å². The Morgan fingerprint density at radius 1 is 0.931 bits per heavy atom. The van der Waals surface area contributed by atoms with E-state index in [1.54, 1.807) is 6.26 Å². The normalized spacial score (nSPS) is 12.2. The average Bonchev–Trinajstić information content (AvgIpc) is 3.27. The molecule has 2 heterocycles. The molecule has 0 saturated heterocycles. The van der Waals surface area contributed by atoms with Crippen molar-refractivity contribution in [2.45, 2.75) is 19.8 Å².